The van der Waals surface area contributed by atoms with E-state index in [1.165, 1.54) is 10.4 Å². The normalized spacial score (nSPS) is 17.2. The van der Waals surface area contributed by atoms with Gasteiger partial charge in [-0.25, -0.2) is 8.42 Å². The second kappa shape index (κ2) is 9.89. The van der Waals surface area contributed by atoms with Crippen LogP contribution in [0.15, 0.2) is 47.4 Å². The smallest absolute Gasteiger partial charge is 0.246 e. The maximum absolute atomic E-state index is 13.4. The number of hydrogen-bond acceptors (Lipinski definition) is 5. The molecule has 1 aliphatic rings. The molecule has 1 fully saturated rings. The number of anilines is 1. The van der Waals surface area contributed by atoms with Crippen LogP contribution < -0.4 is 14.4 Å². The first-order valence-electron chi connectivity index (χ1n) is 10.1. The molecule has 7 nitrogen and oxygen atoms in total. The number of carbonyl (C=O) groups excluding carboxylic acids is 1. The van der Waals surface area contributed by atoms with Crippen LogP contribution in [0.5, 0.6) is 11.5 Å². The highest BCUT2D eigenvalue weighted by molar-refractivity contribution is 7.89. The van der Waals surface area contributed by atoms with E-state index < -0.39 is 15.9 Å². The number of benzene rings is 2. The number of methoxy groups -OCH3 is 1. The van der Waals surface area contributed by atoms with E-state index in [0.717, 1.165) is 0 Å². The SMILES string of the molecule is CCOc1ccc(Cl)cc1S(=O)(=O)N1CCCC(C(=O)N(C)c2cccc(OC)c2)C1. The first-order chi connectivity index (χ1) is 14.8. The minimum Gasteiger partial charge on any atom is -0.497 e. The molecule has 0 aromatic heterocycles. The molecule has 1 aliphatic heterocycles. The van der Waals surface area contributed by atoms with Gasteiger partial charge in [0, 0.05) is 36.9 Å². The Labute approximate surface area is 188 Å². The third-order valence-corrected chi connectivity index (χ3v) is 7.45. The minimum absolute atomic E-state index is 0.0242. The zero-order chi connectivity index (χ0) is 22.6. The summed E-state index contributed by atoms with van der Waals surface area (Å²) in [5.41, 5.74) is 0.692. The van der Waals surface area contributed by atoms with Crippen LogP contribution in [0.4, 0.5) is 5.69 Å². The van der Waals surface area contributed by atoms with Crippen molar-refractivity contribution in [2.45, 2.75) is 24.7 Å². The number of amides is 1. The van der Waals surface area contributed by atoms with E-state index in [1.807, 2.05) is 12.1 Å². The molecule has 31 heavy (non-hydrogen) atoms. The average molecular weight is 467 g/mol. The molecular formula is C22H27ClN2O5S. The van der Waals surface area contributed by atoms with E-state index in [4.69, 9.17) is 21.1 Å². The first-order valence-corrected chi connectivity index (χ1v) is 11.9. The fraction of sp³-hybridized carbons (Fsp3) is 0.409. The summed E-state index contributed by atoms with van der Waals surface area (Å²) in [5.74, 6) is 0.321. The lowest BCUT2D eigenvalue weighted by Crippen LogP contribution is -2.46. The Morgan fingerprint density at radius 3 is 2.74 bits per heavy atom. The Morgan fingerprint density at radius 2 is 2.03 bits per heavy atom. The number of piperidine rings is 1. The quantitative estimate of drug-likeness (QED) is 0.620. The van der Waals surface area contributed by atoms with Gasteiger partial charge in [0.05, 0.1) is 19.6 Å². The fourth-order valence-electron chi connectivity index (χ4n) is 3.68. The molecule has 0 spiro atoms. The lowest BCUT2D eigenvalue weighted by atomic mass is 9.98. The van der Waals surface area contributed by atoms with Gasteiger partial charge in [0.2, 0.25) is 15.9 Å². The summed E-state index contributed by atoms with van der Waals surface area (Å²) >= 11 is 6.07. The van der Waals surface area contributed by atoms with Crippen molar-refractivity contribution < 1.29 is 22.7 Å². The number of sulfonamides is 1. The highest BCUT2D eigenvalue weighted by atomic mass is 35.5. The van der Waals surface area contributed by atoms with Gasteiger partial charge in [0.25, 0.3) is 0 Å². The Hall–Kier alpha value is -2.29. The molecule has 168 valence electrons. The van der Waals surface area contributed by atoms with E-state index in [1.54, 1.807) is 50.2 Å². The van der Waals surface area contributed by atoms with Crippen molar-refractivity contribution in [2.24, 2.45) is 5.92 Å². The maximum Gasteiger partial charge on any atom is 0.246 e. The molecule has 1 atom stereocenters. The molecular weight excluding hydrogens is 440 g/mol. The number of hydrogen-bond donors (Lipinski definition) is 0. The van der Waals surface area contributed by atoms with Gasteiger partial charge in [-0.2, -0.15) is 4.31 Å². The summed E-state index contributed by atoms with van der Waals surface area (Å²) < 4.78 is 38.8. The van der Waals surface area contributed by atoms with Gasteiger partial charge in [-0.05, 0) is 50.1 Å². The minimum atomic E-state index is -3.87. The van der Waals surface area contributed by atoms with E-state index in [9.17, 15) is 13.2 Å². The van der Waals surface area contributed by atoms with Crippen LogP contribution in [-0.2, 0) is 14.8 Å². The van der Waals surface area contributed by atoms with Crippen molar-refractivity contribution in [3.8, 4) is 11.5 Å². The van der Waals surface area contributed by atoms with Gasteiger partial charge in [0.15, 0.2) is 0 Å². The largest absolute Gasteiger partial charge is 0.497 e. The van der Waals surface area contributed by atoms with E-state index in [2.05, 4.69) is 0 Å². The number of ether oxygens (including phenoxy) is 2. The Bertz CT molecular complexity index is 1040. The highest BCUT2D eigenvalue weighted by Gasteiger charge is 2.36. The van der Waals surface area contributed by atoms with E-state index >= 15 is 0 Å². The Balaban J connectivity index is 1.82. The summed E-state index contributed by atoms with van der Waals surface area (Å²) in [6, 6.07) is 11.8. The molecule has 0 N–H and O–H groups in total. The van der Waals surface area contributed by atoms with Crippen LogP contribution >= 0.6 is 11.6 Å². The van der Waals surface area contributed by atoms with Crippen LogP contribution in [0, 0.1) is 5.92 Å². The first kappa shape index (κ1) is 23.4. The molecule has 3 rings (SSSR count). The van der Waals surface area contributed by atoms with Crippen molar-refractivity contribution in [2.75, 3.05) is 38.8 Å². The third kappa shape index (κ3) is 5.14. The predicted molar refractivity (Wildman–Crippen MR) is 121 cm³/mol. The standard InChI is InChI=1S/C22H27ClN2O5S/c1-4-30-20-11-10-17(23)13-21(20)31(27,28)25-12-6-7-16(15-25)22(26)24(2)18-8-5-9-19(14-18)29-3/h5,8-11,13-14,16H,4,6-7,12,15H2,1-3H3. The number of nitrogens with zero attached hydrogens (tertiary/aromatic N) is 2. The third-order valence-electron chi connectivity index (χ3n) is 5.33. The Morgan fingerprint density at radius 1 is 1.26 bits per heavy atom. The van der Waals surface area contributed by atoms with Crippen molar-refractivity contribution in [1.29, 1.82) is 0 Å². The van der Waals surface area contributed by atoms with Crippen LogP contribution in [-0.4, -0.2) is 52.5 Å². The van der Waals surface area contributed by atoms with Gasteiger partial charge < -0.3 is 14.4 Å². The van der Waals surface area contributed by atoms with Crippen LogP contribution in [0.3, 0.4) is 0 Å². The number of rotatable bonds is 7. The molecule has 2 aromatic carbocycles. The van der Waals surface area contributed by atoms with Gasteiger partial charge in [-0.15, -0.1) is 0 Å². The number of halogens is 1. The molecule has 1 amide bonds. The molecule has 0 bridgehead atoms. The van der Waals surface area contributed by atoms with Crippen molar-refractivity contribution in [1.82, 2.24) is 4.31 Å². The van der Waals surface area contributed by atoms with E-state index in [-0.39, 0.29) is 23.1 Å². The van der Waals surface area contributed by atoms with Crippen LogP contribution in [0.25, 0.3) is 0 Å². The molecule has 0 aliphatic carbocycles. The summed E-state index contributed by atoms with van der Waals surface area (Å²) in [4.78, 5) is 14.7. The fourth-order valence-corrected chi connectivity index (χ4v) is 5.60. The van der Waals surface area contributed by atoms with Crippen molar-refractivity contribution in [3.63, 3.8) is 0 Å². The van der Waals surface area contributed by atoms with Gasteiger partial charge >= 0.3 is 0 Å². The summed E-state index contributed by atoms with van der Waals surface area (Å²) in [7, 11) is -0.616. The molecule has 2 aromatic rings. The topological polar surface area (TPSA) is 76.2 Å². The van der Waals surface area contributed by atoms with Gasteiger partial charge in [0.1, 0.15) is 16.4 Å². The lowest BCUT2D eigenvalue weighted by molar-refractivity contribution is -0.123. The molecule has 1 heterocycles. The van der Waals surface area contributed by atoms with Gasteiger partial charge in [-0.3, -0.25) is 4.79 Å². The highest BCUT2D eigenvalue weighted by Crippen LogP contribution is 2.33. The zero-order valence-electron chi connectivity index (χ0n) is 17.9. The van der Waals surface area contributed by atoms with Crippen molar-refractivity contribution >= 4 is 33.2 Å². The zero-order valence-corrected chi connectivity index (χ0v) is 19.4. The maximum atomic E-state index is 13.4. The molecule has 0 radical (unpaired) electrons. The van der Waals surface area contributed by atoms with E-state index in [0.29, 0.717) is 42.5 Å². The van der Waals surface area contributed by atoms with Crippen molar-refractivity contribution in [3.05, 3.63) is 47.5 Å². The monoisotopic (exact) mass is 466 g/mol. The second-order valence-corrected chi connectivity index (χ2v) is 9.67. The summed E-state index contributed by atoms with van der Waals surface area (Å²) in [5, 5.41) is 0.310. The predicted octanol–water partition coefficient (Wildman–Crippen LogP) is 3.81. The molecule has 1 saturated heterocycles. The van der Waals surface area contributed by atoms with Crippen LogP contribution in [0.2, 0.25) is 5.02 Å². The molecule has 0 saturated carbocycles. The lowest BCUT2D eigenvalue weighted by Gasteiger charge is -2.33. The Kier molecular flexibility index (Phi) is 7.46. The summed E-state index contributed by atoms with van der Waals surface area (Å²) in [6.07, 6.45) is 1.21. The molecule has 1 unspecified atom stereocenters. The molecule has 9 heteroatoms. The van der Waals surface area contributed by atoms with Gasteiger partial charge in [-0.1, -0.05) is 17.7 Å². The van der Waals surface area contributed by atoms with Crippen LogP contribution in [0.1, 0.15) is 19.8 Å². The second-order valence-electron chi connectivity index (χ2n) is 7.33. The summed E-state index contributed by atoms with van der Waals surface area (Å²) in [6.45, 7) is 2.56. The average Bonchev–Trinajstić information content (AvgIpc) is 2.79. The number of carbonyl (C=O) groups is 1.